The van der Waals surface area contributed by atoms with Gasteiger partial charge in [-0.2, -0.15) is 4.98 Å². The van der Waals surface area contributed by atoms with E-state index in [-0.39, 0.29) is 11.8 Å². The molecular formula is C20H16BrCl2N3O2. The van der Waals surface area contributed by atoms with E-state index in [1.165, 1.54) is 0 Å². The standard InChI is InChI=1S/C20H16BrCl2N3O2/c21-14-3-1-12(2-4-14)18-24-19(28-25-18)13-7-9-26(10-8-13)20(27)16-6-5-15(22)11-17(16)23/h1-6,11,13H,7-10H2. The molecule has 28 heavy (non-hydrogen) atoms. The van der Waals surface area contributed by atoms with Crippen LogP contribution >= 0.6 is 39.1 Å². The van der Waals surface area contributed by atoms with Crippen LogP contribution in [0.1, 0.15) is 35.0 Å². The summed E-state index contributed by atoms with van der Waals surface area (Å²) in [5.74, 6) is 1.26. The van der Waals surface area contributed by atoms with Gasteiger partial charge in [0, 0.05) is 34.1 Å². The highest BCUT2D eigenvalue weighted by Gasteiger charge is 2.29. The van der Waals surface area contributed by atoms with Crippen molar-refractivity contribution in [2.45, 2.75) is 18.8 Å². The van der Waals surface area contributed by atoms with E-state index in [0.29, 0.717) is 40.4 Å². The van der Waals surface area contributed by atoms with E-state index in [1.807, 2.05) is 24.3 Å². The van der Waals surface area contributed by atoms with Crippen LogP contribution < -0.4 is 0 Å². The Balaban J connectivity index is 1.41. The Morgan fingerprint density at radius 2 is 1.82 bits per heavy atom. The molecule has 8 heteroatoms. The summed E-state index contributed by atoms with van der Waals surface area (Å²) in [7, 11) is 0. The van der Waals surface area contributed by atoms with E-state index in [9.17, 15) is 4.79 Å². The minimum absolute atomic E-state index is 0.0822. The highest BCUT2D eigenvalue weighted by Crippen LogP contribution is 2.30. The summed E-state index contributed by atoms with van der Waals surface area (Å²) in [5, 5.41) is 4.98. The lowest BCUT2D eigenvalue weighted by atomic mass is 9.96. The second-order valence-electron chi connectivity index (χ2n) is 6.65. The fourth-order valence-corrected chi connectivity index (χ4v) is 4.03. The van der Waals surface area contributed by atoms with Crippen molar-refractivity contribution >= 4 is 45.0 Å². The number of piperidine rings is 1. The molecule has 1 aromatic heterocycles. The third-order valence-electron chi connectivity index (χ3n) is 4.84. The Hall–Kier alpha value is -1.89. The smallest absolute Gasteiger partial charge is 0.255 e. The molecule has 0 radical (unpaired) electrons. The number of benzene rings is 2. The first-order chi connectivity index (χ1) is 13.5. The second kappa shape index (κ2) is 8.23. The Kier molecular flexibility index (Phi) is 5.71. The first kappa shape index (κ1) is 19.4. The molecule has 1 aliphatic heterocycles. The molecule has 1 aliphatic rings. The molecule has 0 unspecified atom stereocenters. The number of aromatic nitrogens is 2. The number of nitrogens with zero attached hydrogens (tertiary/aromatic N) is 3. The summed E-state index contributed by atoms with van der Waals surface area (Å²) in [6, 6.07) is 12.7. The summed E-state index contributed by atoms with van der Waals surface area (Å²) in [6.07, 6.45) is 1.53. The number of hydrogen-bond acceptors (Lipinski definition) is 4. The molecular weight excluding hydrogens is 465 g/mol. The molecule has 2 heterocycles. The van der Waals surface area contributed by atoms with Gasteiger partial charge in [0.15, 0.2) is 0 Å². The van der Waals surface area contributed by atoms with Gasteiger partial charge >= 0.3 is 0 Å². The average Bonchev–Trinajstić information content (AvgIpc) is 3.18. The summed E-state index contributed by atoms with van der Waals surface area (Å²) in [6.45, 7) is 1.22. The fraction of sp³-hybridized carbons (Fsp3) is 0.250. The summed E-state index contributed by atoms with van der Waals surface area (Å²) in [5.41, 5.74) is 1.38. The molecule has 5 nitrogen and oxygen atoms in total. The van der Waals surface area contributed by atoms with Crippen molar-refractivity contribution in [3.63, 3.8) is 0 Å². The van der Waals surface area contributed by atoms with Crippen molar-refractivity contribution < 1.29 is 9.32 Å². The fourth-order valence-electron chi connectivity index (χ4n) is 3.28. The van der Waals surface area contributed by atoms with Crippen LogP contribution in [0.15, 0.2) is 51.5 Å². The highest BCUT2D eigenvalue weighted by atomic mass is 79.9. The van der Waals surface area contributed by atoms with E-state index >= 15 is 0 Å². The first-order valence-electron chi connectivity index (χ1n) is 8.85. The zero-order valence-electron chi connectivity index (χ0n) is 14.7. The SMILES string of the molecule is O=C(c1ccc(Cl)cc1Cl)N1CCC(c2nc(-c3ccc(Br)cc3)no2)CC1. The molecule has 1 amide bonds. The van der Waals surface area contributed by atoms with E-state index in [2.05, 4.69) is 26.1 Å². The molecule has 0 aliphatic carbocycles. The van der Waals surface area contributed by atoms with Crippen LogP contribution in [0.5, 0.6) is 0 Å². The van der Waals surface area contributed by atoms with E-state index in [1.54, 1.807) is 23.1 Å². The lowest BCUT2D eigenvalue weighted by Gasteiger charge is -2.30. The van der Waals surface area contributed by atoms with Gasteiger partial charge in [0.05, 0.1) is 10.6 Å². The summed E-state index contributed by atoms with van der Waals surface area (Å²) in [4.78, 5) is 19.1. The second-order valence-corrected chi connectivity index (χ2v) is 8.41. The van der Waals surface area contributed by atoms with Gasteiger partial charge in [-0.3, -0.25) is 4.79 Å². The Morgan fingerprint density at radius 3 is 2.50 bits per heavy atom. The number of amides is 1. The van der Waals surface area contributed by atoms with Crippen molar-refractivity contribution in [3.05, 3.63) is 68.4 Å². The third kappa shape index (κ3) is 4.09. The van der Waals surface area contributed by atoms with Crippen molar-refractivity contribution in [2.75, 3.05) is 13.1 Å². The number of halogens is 3. The van der Waals surface area contributed by atoms with E-state index in [4.69, 9.17) is 27.7 Å². The van der Waals surface area contributed by atoms with Gasteiger partial charge in [-0.15, -0.1) is 0 Å². The van der Waals surface area contributed by atoms with Crippen molar-refractivity contribution in [2.24, 2.45) is 0 Å². The van der Waals surface area contributed by atoms with Crippen LogP contribution in [0.3, 0.4) is 0 Å². The normalized spacial score (nSPS) is 15.0. The Bertz CT molecular complexity index is 999. The molecule has 0 spiro atoms. The predicted octanol–water partition coefficient (Wildman–Crippen LogP) is 5.83. The molecule has 3 aromatic rings. The van der Waals surface area contributed by atoms with Crippen LogP contribution in [0, 0.1) is 0 Å². The minimum atomic E-state index is -0.0822. The molecule has 0 atom stereocenters. The topological polar surface area (TPSA) is 59.2 Å². The molecule has 1 fully saturated rings. The lowest BCUT2D eigenvalue weighted by molar-refractivity contribution is 0.0704. The Labute approximate surface area is 180 Å². The van der Waals surface area contributed by atoms with Gasteiger partial charge in [-0.1, -0.05) is 44.3 Å². The zero-order valence-corrected chi connectivity index (χ0v) is 17.8. The molecule has 0 N–H and O–H groups in total. The van der Waals surface area contributed by atoms with Gasteiger partial charge in [-0.25, -0.2) is 0 Å². The maximum Gasteiger partial charge on any atom is 0.255 e. The van der Waals surface area contributed by atoms with E-state index < -0.39 is 0 Å². The number of likely N-dealkylation sites (tertiary alicyclic amines) is 1. The molecule has 4 rings (SSSR count). The third-order valence-corrected chi connectivity index (χ3v) is 5.91. The lowest BCUT2D eigenvalue weighted by Crippen LogP contribution is -2.38. The Morgan fingerprint density at radius 1 is 1.11 bits per heavy atom. The largest absolute Gasteiger partial charge is 0.339 e. The first-order valence-corrected chi connectivity index (χ1v) is 10.4. The number of hydrogen-bond donors (Lipinski definition) is 0. The molecule has 0 bridgehead atoms. The quantitative estimate of drug-likeness (QED) is 0.473. The molecule has 2 aromatic carbocycles. The monoisotopic (exact) mass is 479 g/mol. The minimum Gasteiger partial charge on any atom is -0.339 e. The zero-order chi connectivity index (χ0) is 19.7. The molecule has 1 saturated heterocycles. The maximum absolute atomic E-state index is 12.7. The van der Waals surface area contributed by atoms with Gasteiger partial charge in [0.2, 0.25) is 11.7 Å². The molecule has 144 valence electrons. The van der Waals surface area contributed by atoms with Gasteiger partial charge in [0.25, 0.3) is 5.91 Å². The van der Waals surface area contributed by atoms with Crippen LogP contribution in [0.2, 0.25) is 10.0 Å². The number of carbonyl (C=O) groups excluding carboxylic acids is 1. The summed E-state index contributed by atoms with van der Waals surface area (Å²) >= 11 is 15.5. The average molecular weight is 481 g/mol. The van der Waals surface area contributed by atoms with Gasteiger partial charge in [0.1, 0.15) is 0 Å². The van der Waals surface area contributed by atoms with Crippen molar-refractivity contribution in [3.8, 4) is 11.4 Å². The highest BCUT2D eigenvalue weighted by molar-refractivity contribution is 9.10. The maximum atomic E-state index is 12.7. The van der Waals surface area contributed by atoms with Crippen LogP contribution in [0.25, 0.3) is 11.4 Å². The summed E-state index contributed by atoms with van der Waals surface area (Å²) < 4.78 is 6.49. The van der Waals surface area contributed by atoms with Crippen LogP contribution in [-0.4, -0.2) is 34.0 Å². The van der Waals surface area contributed by atoms with Gasteiger partial charge in [-0.05, 0) is 55.3 Å². The molecule has 0 saturated carbocycles. The van der Waals surface area contributed by atoms with Crippen LogP contribution in [-0.2, 0) is 0 Å². The van der Waals surface area contributed by atoms with Gasteiger partial charge < -0.3 is 9.42 Å². The predicted molar refractivity (Wildman–Crippen MR) is 112 cm³/mol. The van der Waals surface area contributed by atoms with Crippen LogP contribution in [0.4, 0.5) is 0 Å². The number of rotatable bonds is 3. The number of carbonyl (C=O) groups is 1. The van der Waals surface area contributed by atoms with Crippen molar-refractivity contribution in [1.29, 1.82) is 0 Å². The van der Waals surface area contributed by atoms with E-state index in [0.717, 1.165) is 22.9 Å². The van der Waals surface area contributed by atoms with Crippen molar-refractivity contribution in [1.82, 2.24) is 15.0 Å².